The standard InChI is InChI=1S/C9H18IO4P/c1-7(2)5-3-4-6-8(11)9(10)15(12,13)14/h7,9H,3-6H2,1-2H3,(H2,12,13,14). The van der Waals surface area contributed by atoms with Crippen LogP contribution in [-0.2, 0) is 9.36 Å². The minimum Gasteiger partial charge on any atom is -0.323 e. The molecule has 15 heavy (non-hydrogen) atoms. The number of Topliss-reactive ketones (excluding diaryl/α,β-unsaturated/α-hetero) is 1. The van der Waals surface area contributed by atoms with Crippen molar-refractivity contribution in [3.8, 4) is 0 Å². The Morgan fingerprint density at radius 3 is 2.27 bits per heavy atom. The van der Waals surface area contributed by atoms with Gasteiger partial charge in [0.15, 0.2) is 9.45 Å². The van der Waals surface area contributed by atoms with E-state index in [1.54, 1.807) is 0 Å². The molecule has 0 aliphatic heterocycles. The molecule has 1 atom stereocenters. The highest BCUT2D eigenvalue weighted by Crippen LogP contribution is 2.45. The number of halogens is 1. The summed E-state index contributed by atoms with van der Waals surface area (Å²) in [6.45, 7) is 4.22. The Morgan fingerprint density at radius 1 is 1.33 bits per heavy atom. The van der Waals surface area contributed by atoms with Crippen LogP contribution in [0.5, 0.6) is 0 Å². The van der Waals surface area contributed by atoms with E-state index in [1.165, 1.54) is 22.6 Å². The second-order valence-corrected chi connectivity index (χ2v) is 7.96. The van der Waals surface area contributed by atoms with Crippen molar-refractivity contribution in [2.75, 3.05) is 0 Å². The van der Waals surface area contributed by atoms with E-state index in [-0.39, 0.29) is 12.2 Å². The smallest absolute Gasteiger partial charge is 0.323 e. The van der Waals surface area contributed by atoms with Crippen molar-refractivity contribution < 1.29 is 19.1 Å². The molecule has 0 rings (SSSR count). The maximum absolute atomic E-state index is 11.3. The average molecular weight is 348 g/mol. The Kier molecular flexibility index (Phi) is 7.25. The molecular formula is C9H18IO4P. The van der Waals surface area contributed by atoms with Gasteiger partial charge in [-0.3, -0.25) is 9.36 Å². The van der Waals surface area contributed by atoms with Gasteiger partial charge in [-0.1, -0.05) is 49.3 Å². The molecule has 4 nitrogen and oxygen atoms in total. The molecule has 0 bridgehead atoms. The number of rotatable bonds is 7. The lowest BCUT2D eigenvalue weighted by Crippen LogP contribution is -2.13. The first-order valence-electron chi connectivity index (χ1n) is 4.97. The fraction of sp³-hybridized carbons (Fsp3) is 0.889. The SMILES string of the molecule is CC(C)CCCCC(=O)C(I)P(=O)(O)O. The molecular weight excluding hydrogens is 330 g/mol. The summed E-state index contributed by atoms with van der Waals surface area (Å²) in [6, 6.07) is 0. The van der Waals surface area contributed by atoms with Crippen molar-refractivity contribution in [2.45, 2.75) is 43.2 Å². The summed E-state index contributed by atoms with van der Waals surface area (Å²) in [5, 5.41) is 0. The van der Waals surface area contributed by atoms with E-state index in [2.05, 4.69) is 13.8 Å². The van der Waals surface area contributed by atoms with Crippen LogP contribution in [0.15, 0.2) is 0 Å². The number of hydrogen-bond acceptors (Lipinski definition) is 2. The number of hydrogen-bond donors (Lipinski definition) is 2. The summed E-state index contributed by atoms with van der Waals surface area (Å²) in [5.41, 5.74) is 0. The third kappa shape index (κ3) is 7.44. The molecule has 0 radical (unpaired) electrons. The predicted molar refractivity (Wildman–Crippen MR) is 68.2 cm³/mol. The van der Waals surface area contributed by atoms with Gasteiger partial charge in [0.05, 0.1) is 0 Å². The van der Waals surface area contributed by atoms with Gasteiger partial charge in [-0.15, -0.1) is 0 Å². The third-order valence-corrected chi connectivity index (χ3v) is 5.77. The molecule has 0 aromatic carbocycles. The van der Waals surface area contributed by atoms with E-state index >= 15 is 0 Å². The largest absolute Gasteiger partial charge is 0.345 e. The van der Waals surface area contributed by atoms with Crippen molar-refractivity contribution in [1.29, 1.82) is 0 Å². The Morgan fingerprint density at radius 2 is 1.87 bits per heavy atom. The minimum atomic E-state index is -4.24. The predicted octanol–water partition coefficient (Wildman–Crippen LogP) is 2.71. The van der Waals surface area contributed by atoms with Gasteiger partial charge in [0.1, 0.15) is 0 Å². The Bertz CT molecular complexity index is 248. The molecule has 0 aromatic rings. The number of unbranched alkanes of at least 4 members (excludes halogenated alkanes) is 1. The molecule has 0 fully saturated rings. The van der Waals surface area contributed by atoms with Gasteiger partial charge in [-0.25, -0.2) is 0 Å². The first-order chi connectivity index (χ1) is 6.75. The van der Waals surface area contributed by atoms with Gasteiger partial charge in [0, 0.05) is 6.42 Å². The molecule has 1 unspecified atom stereocenters. The second kappa shape index (κ2) is 6.99. The van der Waals surface area contributed by atoms with E-state index in [0.717, 1.165) is 19.3 Å². The Hall–Kier alpha value is 0.550. The molecule has 0 saturated heterocycles. The third-order valence-electron chi connectivity index (χ3n) is 2.02. The lowest BCUT2D eigenvalue weighted by molar-refractivity contribution is -0.117. The summed E-state index contributed by atoms with van der Waals surface area (Å²) in [6.07, 6.45) is 2.98. The molecule has 2 N–H and O–H groups in total. The van der Waals surface area contributed by atoms with Crippen LogP contribution in [-0.4, -0.2) is 19.2 Å². The van der Waals surface area contributed by atoms with E-state index in [4.69, 9.17) is 9.79 Å². The van der Waals surface area contributed by atoms with Crippen molar-refractivity contribution in [3.05, 3.63) is 0 Å². The molecule has 0 aromatic heterocycles. The van der Waals surface area contributed by atoms with E-state index < -0.39 is 11.3 Å². The number of carbonyl (C=O) groups excluding carboxylic acids is 1. The lowest BCUT2D eigenvalue weighted by atomic mass is 10.0. The molecule has 0 aliphatic carbocycles. The van der Waals surface area contributed by atoms with Crippen molar-refractivity contribution in [2.24, 2.45) is 5.92 Å². The van der Waals surface area contributed by atoms with E-state index in [0.29, 0.717) is 5.92 Å². The zero-order valence-corrected chi connectivity index (χ0v) is 12.1. The van der Waals surface area contributed by atoms with Crippen molar-refractivity contribution in [1.82, 2.24) is 0 Å². The maximum Gasteiger partial charge on any atom is 0.345 e. The molecule has 90 valence electrons. The van der Waals surface area contributed by atoms with Crippen LogP contribution < -0.4 is 0 Å². The minimum absolute atomic E-state index is 0.269. The lowest BCUT2D eigenvalue weighted by Gasteiger charge is -2.10. The van der Waals surface area contributed by atoms with Crippen LogP contribution in [0.3, 0.4) is 0 Å². The second-order valence-electron chi connectivity index (χ2n) is 4.03. The van der Waals surface area contributed by atoms with Crippen LogP contribution >= 0.6 is 30.2 Å². The number of ketones is 1. The Labute approximate surface area is 104 Å². The maximum atomic E-state index is 11.3. The molecule has 6 heteroatoms. The highest BCUT2D eigenvalue weighted by Gasteiger charge is 2.31. The van der Waals surface area contributed by atoms with E-state index in [9.17, 15) is 9.36 Å². The summed E-state index contributed by atoms with van der Waals surface area (Å²) in [4.78, 5) is 28.9. The zero-order chi connectivity index (χ0) is 12.1. The molecule has 0 heterocycles. The molecule has 0 aliphatic rings. The number of alkyl halides is 1. The summed E-state index contributed by atoms with van der Waals surface area (Å²) < 4.78 is 9.61. The topological polar surface area (TPSA) is 74.6 Å². The highest BCUT2D eigenvalue weighted by atomic mass is 127. The van der Waals surface area contributed by atoms with Crippen LogP contribution in [0.2, 0.25) is 0 Å². The average Bonchev–Trinajstić information content (AvgIpc) is 2.09. The fourth-order valence-electron chi connectivity index (χ4n) is 1.16. The molecule has 0 amide bonds. The normalized spacial score (nSPS) is 14.3. The van der Waals surface area contributed by atoms with Crippen molar-refractivity contribution in [3.63, 3.8) is 0 Å². The van der Waals surface area contributed by atoms with Gasteiger partial charge in [0.25, 0.3) is 0 Å². The summed E-state index contributed by atoms with van der Waals surface area (Å²) in [7, 11) is -4.24. The van der Waals surface area contributed by atoms with Gasteiger partial charge >= 0.3 is 7.60 Å². The molecule has 0 saturated carbocycles. The van der Waals surface area contributed by atoms with Crippen molar-refractivity contribution >= 4 is 36.0 Å². The molecule has 0 spiro atoms. The quantitative estimate of drug-likeness (QED) is 0.321. The zero-order valence-electron chi connectivity index (χ0n) is 9.02. The van der Waals surface area contributed by atoms with Gasteiger partial charge in [0.2, 0.25) is 0 Å². The number of carbonyl (C=O) groups is 1. The summed E-state index contributed by atoms with van der Waals surface area (Å²) in [5.74, 6) is 0.268. The van der Waals surface area contributed by atoms with Gasteiger partial charge in [-0.2, -0.15) is 0 Å². The first kappa shape index (κ1) is 15.6. The van der Waals surface area contributed by atoms with Crippen LogP contribution in [0, 0.1) is 5.92 Å². The fourth-order valence-corrected chi connectivity index (χ4v) is 1.97. The highest BCUT2D eigenvalue weighted by molar-refractivity contribution is 14.1. The Balaban J connectivity index is 3.80. The van der Waals surface area contributed by atoms with E-state index in [1.807, 2.05) is 0 Å². The van der Waals surface area contributed by atoms with Gasteiger partial charge in [-0.05, 0) is 12.3 Å². The van der Waals surface area contributed by atoms with Gasteiger partial charge < -0.3 is 9.79 Å². The van der Waals surface area contributed by atoms with Crippen LogP contribution in [0.25, 0.3) is 0 Å². The monoisotopic (exact) mass is 348 g/mol. The summed E-state index contributed by atoms with van der Waals surface area (Å²) >= 11 is 1.53. The van der Waals surface area contributed by atoms with Crippen LogP contribution in [0.1, 0.15) is 39.5 Å². The first-order valence-corrected chi connectivity index (χ1v) is 7.90. The van der Waals surface area contributed by atoms with Crippen LogP contribution in [0.4, 0.5) is 0 Å².